The monoisotopic (exact) mass is 523 g/mol. The number of allylic oxidation sites excluding steroid dienone is 1. The van der Waals surface area contributed by atoms with Gasteiger partial charge in [0.25, 0.3) is 0 Å². The molecular formula is C27H26ClN3O4S. The number of ether oxygens (including phenoxy) is 2. The van der Waals surface area contributed by atoms with Crippen LogP contribution in [0, 0.1) is 0 Å². The van der Waals surface area contributed by atoms with Crippen molar-refractivity contribution in [3.05, 3.63) is 82.5 Å². The van der Waals surface area contributed by atoms with Crippen LogP contribution in [0.2, 0.25) is 5.02 Å². The number of nitrogens with zero attached hydrogens (tertiary/aromatic N) is 1. The van der Waals surface area contributed by atoms with E-state index in [-0.39, 0.29) is 18.3 Å². The quantitative estimate of drug-likeness (QED) is 0.385. The minimum Gasteiger partial charge on any atom is -0.496 e. The minimum absolute atomic E-state index is 0.0957. The summed E-state index contributed by atoms with van der Waals surface area (Å²) >= 11 is 7.39. The van der Waals surface area contributed by atoms with E-state index in [0.29, 0.717) is 32.9 Å². The molecule has 3 aromatic rings. The van der Waals surface area contributed by atoms with Crippen molar-refractivity contribution in [2.75, 3.05) is 24.8 Å². The molecule has 0 radical (unpaired) electrons. The molecule has 1 aliphatic heterocycles. The number of hydrogen-bond donors (Lipinski definition) is 2. The molecule has 0 bridgehead atoms. The van der Waals surface area contributed by atoms with E-state index in [4.69, 9.17) is 26.1 Å². The highest BCUT2D eigenvalue weighted by Crippen LogP contribution is 2.41. The van der Waals surface area contributed by atoms with Crippen LogP contribution in [0.1, 0.15) is 25.5 Å². The van der Waals surface area contributed by atoms with E-state index in [1.54, 1.807) is 45.2 Å². The Morgan fingerprint density at radius 2 is 1.86 bits per heavy atom. The molecule has 3 aromatic carbocycles. The molecule has 186 valence electrons. The number of halogens is 1. The first kappa shape index (κ1) is 25.6. The zero-order valence-corrected chi connectivity index (χ0v) is 21.7. The standard InChI is InChI=1S/C27H26ClN3O4S/c1-4-35-26(33)23-16(2)29-27(36-15-22(32)30-20-12-8-7-11-19(20)28)31-25(23)24-18-10-6-5-9-17(18)13-14-21(24)34-3/h5-14,25H,4,15H2,1-3H3,(H,29,31)(H,30,32)/t25-/m0/s1. The molecular weight excluding hydrogens is 498 g/mol. The highest BCUT2D eigenvalue weighted by atomic mass is 35.5. The van der Waals surface area contributed by atoms with E-state index in [9.17, 15) is 9.59 Å². The summed E-state index contributed by atoms with van der Waals surface area (Å²) in [5.41, 5.74) is 2.31. The summed E-state index contributed by atoms with van der Waals surface area (Å²) in [6.45, 7) is 3.80. The number of fused-ring (bicyclic) bond motifs is 1. The number of nitrogens with one attached hydrogen (secondary N) is 2. The zero-order valence-electron chi connectivity index (χ0n) is 20.1. The number of amides is 1. The van der Waals surface area contributed by atoms with Gasteiger partial charge in [0.1, 0.15) is 11.8 Å². The summed E-state index contributed by atoms with van der Waals surface area (Å²) in [7, 11) is 1.59. The van der Waals surface area contributed by atoms with Crippen LogP contribution >= 0.6 is 23.4 Å². The van der Waals surface area contributed by atoms with Crippen LogP contribution in [-0.2, 0) is 14.3 Å². The number of para-hydroxylation sites is 1. The summed E-state index contributed by atoms with van der Waals surface area (Å²) in [4.78, 5) is 30.5. The van der Waals surface area contributed by atoms with Gasteiger partial charge in [-0.2, -0.15) is 0 Å². The van der Waals surface area contributed by atoms with Crippen molar-refractivity contribution in [1.29, 1.82) is 0 Å². The summed E-state index contributed by atoms with van der Waals surface area (Å²) < 4.78 is 11.1. The number of esters is 1. The second-order valence-electron chi connectivity index (χ2n) is 7.94. The predicted octanol–water partition coefficient (Wildman–Crippen LogP) is 5.71. The van der Waals surface area contributed by atoms with Crippen molar-refractivity contribution in [1.82, 2.24) is 5.32 Å². The van der Waals surface area contributed by atoms with Gasteiger partial charge >= 0.3 is 5.97 Å². The average molecular weight is 524 g/mol. The summed E-state index contributed by atoms with van der Waals surface area (Å²) in [5.74, 6) is 0.0274. The van der Waals surface area contributed by atoms with Crippen molar-refractivity contribution in [3.63, 3.8) is 0 Å². The number of carbonyl (C=O) groups is 2. The van der Waals surface area contributed by atoms with Gasteiger partial charge in [0.2, 0.25) is 5.91 Å². The maximum Gasteiger partial charge on any atom is 0.338 e. The molecule has 9 heteroatoms. The second-order valence-corrected chi connectivity index (χ2v) is 9.31. The zero-order chi connectivity index (χ0) is 25.7. The lowest BCUT2D eigenvalue weighted by atomic mass is 9.91. The molecule has 1 amide bonds. The Balaban J connectivity index is 1.68. The molecule has 1 atom stereocenters. The van der Waals surface area contributed by atoms with Gasteiger partial charge in [-0.15, -0.1) is 0 Å². The van der Waals surface area contributed by atoms with E-state index in [1.807, 2.05) is 36.4 Å². The van der Waals surface area contributed by atoms with Crippen LogP contribution in [0.5, 0.6) is 5.75 Å². The molecule has 36 heavy (non-hydrogen) atoms. The fourth-order valence-electron chi connectivity index (χ4n) is 4.02. The van der Waals surface area contributed by atoms with E-state index < -0.39 is 12.0 Å². The van der Waals surface area contributed by atoms with E-state index in [0.717, 1.165) is 16.3 Å². The number of hydrogen-bond acceptors (Lipinski definition) is 7. The Kier molecular flexibility index (Phi) is 8.18. The molecule has 1 aliphatic rings. The van der Waals surface area contributed by atoms with Crippen molar-refractivity contribution < 1.29 is 19.1 Å². The Morgan fingerprint density at radius 1 is 1.11 bits per heavy atom. The lowest BCUT2D eigenvalue weighted by Crippen LogP contribution is -2.31. The van der Waals surface area contributed by atoms with Crippen LogP contribution in [0.25, 0.3) is 10.8 Å². The number of thioether (sulfide) groups is 1. The van der Waals surface area contributed by atoms with Crippen LogP contribution in [-0.4, -0.2) is 36.5 Å². The second kappa shape index (κ2) is 11.5. The first-order chi connectivity index (χ1) is 17.4. The van der Waals surface area contributed by atoms with Gasteiger partial charge in [0.05, 0.1) is 35.8 Å². The van der Waals surface area contributed by atoms with Gasteiger partial charge in [-0.05, 0) is 42.8 Å². The molecule has 4 rings (SSSR count). The molecule has 7 nitrogen and oxygen atoms in total. The van der Waals surface area contributed by atoms with Gasteiger partial charge < -0.3 is 20.1 Å². The topological polar surface area (TPSA) is 89.0 Å². The molecule has 0 fully saturated rings. The molecule has 0 aliphatic carbocycles. The Morgan fingerprint density at radius 3 is 2.61 bits per heavy atom. The van der Waals surface area contributed by atoms with Gasteiger partial charge in [0, 0.05) is 11.3 Å². The molecule has 0 aromatic heterocycles. The molecule has 0 saturated carbocycles. The van der Waals surface area contributed by atoms with Crippen molar-refractivity contribution in [3.8, 4) is 5.75 Å². The predicted molar refractivity (Wildman–Crippen MR) is 146 cm³/mol. The average Bonchev–Trinajstić information content (AvgIpc) is 2.87. The fourth-order valence-corrected chi connectivity index (χ4v) is 4.95. The number of benzene rings is 3. The van der Waals surface area contributed by atoms with E-state index in [1.165, 1.54) is 11.8 Å². The van der Waals surface area contributed by atoms with Gasteiger partial charge in [0.15, 0.2) is 5.17 Å². The van der Waals surface area contributed by atoms with Crippen LogP contribution in [0.4, 0.5) is 5.69 Å². The number of methoxy groups -OCH3 is 1. The number of rotatable bonds is 7. The lowest BCUT2D eigenvalue weighted by molar-refractivity contribution is -0.139. The first-order valence-corrected chi connectivity index (χ1v) is 12.7. The molecule has 0 unspecified atom stereocenters. The maximum absolute atomic E-state index is 13.0. The van der Waals surface area contributed by atoms with Crippen LogP contribution in [0.15, 0.2) is 76.9 Å². The van der Waals surface area contributed by atoms with Crippen molar-refractivity contribution >= 4 is 56.9 Å². The molecule has 2 N–H and O–H groups in total. The number of amidine groups is 1. The smallest absolute Gasteiger partial charge is 0.338 e. The lowest BCUT2D eigenvalue weighted by Gasteiger charge is -2.27. The van der Waals surface area contributed by atoms with Gasteiger partial charge in [-0.3, -0.25) is 4.79 Å². The Bertz CT molecular complexity index is 1370. The molecule has 0 spiro atoms. The first-order valence-electron chi connectivity index (χ1n) is 11.4. The third-order valence-electron chi connectivity index (χ3n) is 5.63. The number of carbonyl (C=O) groups excluding carboxylic acids is 2. The highest BCUT2D eigenvalue weighted by Gasteiger charge is 2.33. The normalized spacial score (nSPS) is 15.2. The Labute approximate surface area is 218 Å². The van der Waals surface area contributed by atoms with Gasteiger partial charge in [-0.1, -0.05) is 65.8 Å². The Hall–Kier alpha value is -3.49. The summed E-state index contributed by atoms with van der Waals surface area (Å²) in [6, 6.07) is 18.1. The van der Waals surface area contributed by atoms with Crippen molar-refractivity contribution in [2.45, 2.75) is 19.9 Å². The third-order valence-corrected chi connectivity index (χ3v) is 6.84. The summed E-state index contributed by atoms with van der Waals surface area (Å²) in [5, 5.41) is 8.86. The van der Waals surface area contributed by atoms with E-state index in [2.05, 4.69) is 10.6 Å². The van der Waals surface area contributed by atoms with Gasteiger partial charge in [-0.25, -0.2) is 9.79 Å². The third kappa shape index (κ3) is 5.50. The van der Waals surface area contributed by atoms with Crippen LogP contribution < -0.4 is 15.4 Å². The highest BCUT2D eigenvalue weighted by molar-refractivity contribution is 8.14. The number of anilines is 1. The molecule has 0 saturated heterocycles. The molecule has 1 heterocycles. The largest absolute Gasteiger partial charge is 0.496 e. The van der Waals surface area contributed by atoms with Crippen molar-refractivity contribution in [2.24, 2.45) is 4.99 Å². The fraction of sp³-hybridized carbons (Fsp3) is 0.222. The van der Waals surface area contributed by atoms with Crippen LogP contribution in [0.3, 0.4) is 0 Å². The minimum atomic E-state index is -0.680. The summed E-state index contributed by atoms with van der Waals surface area (Å²) in [6.07, 6.45) is 0. The maximum atomic E-state index is 13.0. The van der Waals surface area contributed by atoms with E-state index >= 15 is 0 Å². The number of aliphatic imine (C=N–C) groups is 1. The SMILES string of the molecule is CCOC(=O)C1=C(C)NC(SCC(=O)Nc2ccccc2Cl)=N[C@@H]1c1c(OC)ccc2ccccc12.